The van der Waals surface area contributed by atoms with Crippen LogP contribution in [-0.2, 0) is 0 Å². The third-order valence-electron chi connectivity index (χ3n) is 3.79. The molecule has 1 heterocycles. The van der Waals surface area contributed by atoms with E-state index in [9.17, 15) is 4.79 Å². The molecule has 0 aliphatic rings. The number of anilines is 2. The van der Waals surface area contributed by atoms with Gasteiger partial charge in [-0.05, 0) is 60.7 Å². The molecule has 2 amide bonds. The van der Waals surface area contributed by atoms with E-state index < -0.39 is 0 Å². The topological polar surface area (TPSA) is 54.0 Å². The van der Waals surface area contributed by atoms with E-state index in [4.69, 9.17) is 0 Å². The summed E-state index contributed by atoms with van der Waals surface area (Å²) in [5.41, 5.74) is 3.50. The third-order valence-corrected chi connectivity index (χ3v) is 5.40. The fourth-order valence-corrected chi connectivity index (χ4v) is 3.75. The Bertz CT molecular complexity index is 1030. The van der Waals surface area contributed by atoms with Crippen LogP contribution in [0, 0.1) is 0 Å². The number of amides is 2. The number of carbonyl (C=O) groups is 1. The minimum absolute atomic E-state index is 0.278. The molecule has 0 fully saturated rings. The Morgan fingerprint density at radius 3 is 2.12 bits per heavy atom. The van der Waals surface area contributed by atoms with Gasteiger partial charge in [0.05, 0.1) is 10.2 Å². The predicted molar refractivity (Wildman–Crippen MR) is 112 cm³/mol. The lowest BCUT2D eigenvalue weighted by Crippen LogP contribution is -2.19. The number of carbonyl (C=O) groups excluding carboxylic acids is 1. The van der Waals surface area contributed by atoms with Gasteiger partial charge in [0.15, 0.2) is 0 Å². The van der Waals surface area contributed by atoms with Gasteiger partial charge in [0, 0.05) is 21.4 Å². The maximum absolute atomic E-state index is 12.1. The standard InChI is InChI=1S/C20H14BrN3OS/c21-14-7-11-16(12-8-14)23-20(25)22-15-9-5-13(6-10-15)19-24-17-3-1-2-4-18(17)26-19/h1-12H,(H2,22,23,25). The van der Waals surface area contributed by atoms with Crippen LogP contribution >= 0.6 is 27.3 Å². The lowest BCUT2D eigenvalue weighted by molar-refractivity contribution is 0.262. The summed E-state index contributed by atoms with van der Waals surface area (Å²) in [7, 11) is 0. The van der Waals surface area contributed by atoms with Crippen molar-refractivity contribution in [2.45, 2.75) is 0 Å². The van der Waals surface area contributed by atoms with Gasteiger partial charge in [0.1, 0.15) is 5.01 Å². The molecule has 0 saturated carbocycles. The van der Waals surface area contributed by atoms with Crippen molar-refractivity contribution in [1.82, 2.24) is 4.98 Å². The molecule has 0 aliphatic carbocycles. The van der Waals surface area contributed by atoms with Crippen molar-refractivity contribution in [2.75, 3.05) is 10.6 Å². The fraction of sp³-hybridized carbons (Fsp3) is 0. The maximum Gasteiger partial charge on any atom is 0.323 e. The second-order valence-electron chi connectivity index (χ2n) is 5.65. The molecule has 0 radical (unpaired) electrons. The Labute approximate surface area is 163 Å². The number of nitrogens with one attached hydrogen (secondary N) is 2. The van der Waals surface area contributed by atoms with Crippen molar-refractivity contribution in [2.24, 2.45) is 0 Å². The number of fused-ring (bicyclic) bond motifs is 1. The first kappa shape index (κ1) is 16.8. The normalized spacial score (nSPS) is 10.7. The molecule has 128 valence electrons. The number of aromatic nitrogens is 1. The lowest BCUT2D eigenvalue weighted by Gasteiger charge is -2.08. The molecule has 0 spiro atoms. The predicted octanol–water partition coefficient (Wildman–Crippen LogP) is 6.37. The highest BCUT2D eigenvalue weighted by molar-refractivity contribution is 9.10. The second kappa shape index (κ2) is 7.27. The molecule has 4 rings (SSSR count). The van der Waals surface area contributed by atoms with Gasteiger partial charge in [-0.15, -0.1) is 11.3 Å². The number of thiazole rings is 1. The van der Waals surface area contributed by atoms with Crippen LogP contribution in [-0.4, -0.2) is 11.0 Å². The largest absolute Gasteiger partial charge is 0.323 e. The molecule has 0 aliphatic heterocycles. The van der Waals surface area contributed by atoms with Crippen molar-refractivity contribution < 1.29 is 4.79 Å². The van der Waals surface area contributed by atoms with Crippen LogP contribution in [0.25, 0.3) is 20.8 Å². The van der Waals surface area contributed by atoms with E-state index >= 15 is 0 Å². The zero-order valence-corrected chi connectivity index (χ0v) is 16.0. The van der Waals surface area contributed by atoms with Gasteiger partial charge in [0.2, 0.25) is 0 Å². The Kier molecular flexibility index (Phi) is 4.69. The highest BCUT2D eigenvalue weighted by Gasteiger charge is 2.07. The van der Waals surface area contributed by atoms with Crippen LogP contribution in [0.4, 0.5) is 16.2 Å². The number of halogens is 1. The van der Waals surface area contributed by atoms with Gasteiger partial charge in [-0.3, -0.25) is 0 Å². The van der Waals surface area contributed by atoms with E-state index in [1.807, 2.05) is 66.7 Å². The van der Waals surface area contributed by atoms with Crippen LogP contribution in [0.3, 0.4) is 0 Å². The molecule has 6 heteroatoms. The minimum atomic E-state index is -0.278. The molecule has 0 saturated heterocycles. The monoisotopic (exact) mass is 423 g/mol. The first-order valence-electron chi connectivity index (χ1n) is 7.97. The molecule has 26 heavy (non-hydrogen) atoms. The van der Waals surface area contributed by atoms with Crippen molar-refractivity contribution in [3.8, 4) is 10.6 Å². The molecule has 0 unspecified atom stereocenters. The number of hydrogen-bond donors (Lipinski definition) is 2. The van der Waals surface area contributed by atoms with Gasteiger partial charge in [-0.1, -0.05) is 28.1 Å². The van der Waals surface area contributed by atoms with Crippen LogP contribution in [0.5, 0.6) is 0 Å². The summed E-state index contributed by atoms with van der Waals surface area (Å²) >= 11 is 5.03. The van der Waals surface area contributed by atoms with Crippen LogP contribution in [0.15, 0.2) is 77.3 Å². The zero-order valence-electron chi connectivity index (χ0n) is 13.6. The molecule has 0 bridgehead atoms. The minimum Gasteiger partial charge on any atom is -0.308 e. The van der Waals surface area contributed by atoms with Crippen molar-refractivity contribution in [3.05, 3.63) is 77.3 Å². The Hall–Kier alpha value is -2.70. The molecule has 4 nitrogen and oxygen atoms in total. The summed E-state index contributed by atoms with van der Waals surface area (Å²) in [6.45, 7) is 0. The molecule has 1 aromatic heterocycles. The Morgan fingerprint density at radius 2 is 1.46 bits per heavy atom. The van der Waals surface area contributed by atoms with Gasteiger partial charge in [-0.2, -0.15) is 0 Å². The van der Waals surface area contributed by atoms with Crippen LogP contribution in [0.1, 0.15) is 0 Å². The quantitative estimate of drug-likeness (QED) is 0.402. The summed E-state index contributed by atoms with van der Waals surface area (Å²) in [6.07, 6.45) is 0. The van der Waals surface area contributed by atoms with Gasteiger partial charge in [0.25, 0.3) is 0 Å². The summed E-state index contributed by atoms with van der Waals surface area (Å²) < 4.78 is 2.13. The number of nitrogens with zero attached hydrogens (tertiary/aromatic N) is 1. The van der Waals surface area contributed by atoms with Crippen molar-refractivity contribution in [1.29, 1.82) is 0 Å². The first-order valence-corrected chi connectivity index (χ1v) is 9.58. The lowest BCUT2D eigenvalue weighted by atomic mass is 10.2. The SMILES string of the molecule is O=C(Nc1ccc(Br)cc1)Nc1ccc(-c2nc3ccccc3s2)cc1. The summed E-state index contributed by atoms with van der Waals surface area (Å²) in [4.78, 5) is 16.7. The van der Waals surface area contributed by atoms with E-state index in [-0.39, 0.29) is 6.03 Å². The number of para-hydroxylation sites is 1. The van der Waals surface area contributed by atoms with E-state index in [0.29, 0.717) is 0 Å². The first-order chi connectivity index (χ1) is 12.7. The average Bonchev–Trinajstić information content (AvgIpc) is 3.08. The van der Waals surface area contributed by atoms with Crippen molar-refractivity contribution >= 4 is 54.9 Å². The molecule has 2 N–H and O–H groups in total. The molecule has 3 aromatic carbocycles. The highest BCUT2D eigenvalue weighted by Crippen LogP contribution is 2.30. The number of benzene rings is 3. The molecular formula is C20H14BrN3OS. The van der Waals surface area contributed by atoms with Crippen LogP contribution in [0.2, 0.25) is 0 Å². The third kappa shape index (κ3) is 3.76. The number of hydrogen-bond acceptors (Lipinski definition) is 3. The molecule has 0 atom stereocenters. The van der Waals surface area contributed by atoms with E-state index in [2.05, 4.69) is 37.6 Å². The summed E-state index contributed by atoms with van der Waals surface area (Å²) in [6, 6.07) is 22.9. The summed E-state index contributed by atoms with van der Waals surface area (Å²) in [5.74, 6) is 0. The smallest absolute Gasteiger partial charge is 0.308 e. The molecule has 4 aromatic rings. The molecular weight excluding hydrogens is 410 g/mol. The highest BCUT2D eigenvalue weighted by atomic mass is 79.9. The Balaban J connectivity index is 1.45. The van der Waals surface area contributed by atoms with E-state index in [0.717, 1.165) is 31.9 Å². The van der Waals surface area contributed by atoms with Crippen LogP contribution < -0.4 is 10.6 Å². The van der Waals surface area contributed by atoms with Gasteiger partial charge >= 0.3 is 6.03 Å². The maximum atomic E-state index is 12.1. The second-order valence-corrected chi connectivity index (χ2v) is 7.60. The van der Waals surface area contributed by atoms with Crippen molar-refractivity contribution in [3.63, 3.8) is 0 Å². The van der Waals surface area contributed by atoms with E-state index in [1.165, 1.54) is 4.70 Å². The summed E-state index contributed by atoms with van der Waals surface area (Å²) in [5, 5.41) is 6.60. The van der Waals surface area contributed by atoms with Gasteiger partial charge in [-0.25, -0.2) is 9.78 Å². The zero-order chi connectivity index (χ0) is 17.9. The van der Waals surface area contributed by atoms with E-state index in [1.54, 1.807) is 11.3 Å². The average molecular weight is 424 g/mol. The van der Waals surface area contributed by atoms with Gasteiger partial charge < -0.3 is 10.6 Å². The fourth-order valence-electron chi connectivity index (χ4n) is 2.52. The Morgan fingerprint density at radius 1 is 0.846 bits per heavy atom. The number of rotatable bonds is 3. The number of urea groups is 1.